The normalized spacial score (nSPS) is 15.2. The van der Waals surface area contributed by atoms with Crippen LogP contribution in [0, 0.1) is 6.92 Å². The maximum Gasteiger partial charge on any atom is 0.150 e. The summed E-state index contributed by atoms with van der Waals surface area (Å²) in [6, 6.07) is 0. The zero-order valence-corrected chi connectivity index (χ0v) is 12.3. The Hall–Kier alpha value is -1.75. The third-order valence-electron chi connectivity index (χ3n) is 3.91. The highest BCUT2D eigenvalue weighted by molar-refractivity contribution is 7.18. The van der Waals surface area contributed by atoms with Crippen molar-refractivity contribution in [2.75, 3.05) is 0 Å². The van der Waals surface area contributed by atoms with E-state index in [0.29, 0.717) is 0 Å². The van der Waals surface area contributed by atoms with Crippen LogP contribution in [0.2, 0.25) is 0 Å². The van der Waals surface area contributed by atoms with E-state index in [2.05, 4.69) is 15.0 Å². The van der Waals surface area contributed by atoms with Crippen LogP contribution in [0.25, 0.3) is 16.0 Å². The number of hydrogen-bond donors (Lipinski definition) is 0. The van der Waals surface area contributed by atoms with Gasteiger partial charge in [0, 0.05) is 17.3 Å². The summed E-state index contributed by atoms with van der Waals surface area (Å²) in [5.41, 5.74) is 1.48. The van der Waals surface area contributed by atoms with Crippen molar-refractivity contribution in [3.63, 3.8) is 0 Å². The van der Waals surface area contributed by atoms with Crippen molar-refractivity contribution in [1.82, 2.24) is 19.5 Å². The summed E-state index contributed by atoms with van der Waals surface area (Å²) in [6.07, 6.45) is 11.8. The first kappa shape index (κ1) is 12.0. The average Bonchev–Trinajstić information content (AvgIpc) is 3.01. The molecule has 0 N–H and O–H groups in total. The standard InChI is InChI=1S/C15H16N4S/c1-10-17-14(19-8-7-16-9-19)13-11-5-3-2-4-6-12(11)20-15(13)18-10/h7-9H,2-6H2,1H3. The number of fused-ring (bicyclic) bond motifs is 3. The van der Waals surface area contributed by atoms with Crippen LogP contribution in [0.15, 0.2) is 18.7 Å². The molecule has 0 saturated heterocycles. The van der Waals surface area contributed by atoms with Gasteiger partial charge in [-0.1, -0.05) is 6.42 Å². The summed E-state index contributed by atoms with van der Waals surface area (Å²) in [5, 5.41) is 1.25. The molecule has 0 radical (unpaired) electrons. The Morgan fingerprint density at radius 3 is 2.90 bits per heavy atom. The molecule has 0 amide bonds. The highest BCUT2D eigenvalue weighted by Gasteiger charge is 2.20. The predicted molar refractivity (Wildman–Crippen MR) is 80.5 cm³/mol. The molecule has 3 aromatic rings. The van der Waals surface area contributed by atoms with Crippen LogP contribution in [-0.4, -0.2) is 19.5 Å². The highest BCUT2D eigenvalue weighted by atomic mass is 32.1. The molecule has 0 atom stereocenters. The third-order valence-corrected chi connectivity index (χ3v) is 5.09. The quantitative estimate of drug-likeness (QED) is 0.643. The molecular weight excluding hydrogens is 268 g/mol. The molecule has 3 heterocycles. The zero-order valence-electron chi connectivity index (χ0n) is 11.5. The van der Waals surface area contributed by atoms with Crippen molar-refractivity contribution >= 4 is 21.6 Å². The number of rotatable bonds is 1. The molecule has 0 spiro atoms. The zero-order chi connectivity index (χ0) is 13.5. The Bertz CT molecular complexity index is 758. The highest BCUT2D eigenvalue weighted by Crippen LogP contribution is 2.37. The minimum absolute atomic E-state index is 0.831. The molecule has 5 heteroatoms. The van der Waals surface area contributed by atoms with Crippen molar-refractivity contribution in [2.45, 2.75) is 39.0 Å². The van der Waals surface area contributed by atoms with E-state index in [1.165, 1.54) is 41.5 Å². The van der Waals surface area contributed by atoms with Gasteiger partial charge < -0.3 is 0 Å². The average molecular weight is 284 g/mol. The van der Waals surface area contributed by atoms with Crippen LogP contribution in [0.5, 0.6) is 0 Å². The lowest BCUT2D eigenvalue weighted by Crippen LogP contribution is -2.00. The van der Waals surface area contributed by atoms with Crippen LogP contribution in [0.4, 0.5) is 0 Å². The minimum atomic E-state index is 0.831. The van der Waals surface area contributed by atoms with Crippen molar-refractivity contribution in [3.05, 3.63) is 35.0 Å². The predicted octanol–water partition coefficient (Wildman–Crippen LogP) is 3.45. The van der Waals surface area contributed by atoms with E-state index in [9.17, 15) is 0 Å². The van der Waals surface area contributed by atoms with E-state index in [0.717, 1.165) is 22.9 Å². The SMILES string of the molecule is Cc1nc(-n2ccnc2)c2c3c(sc2n1)CCCCC3. The fourth-order valence-corrected chi connectivity index (χ4v) is 4.29. The van der Waals surface area contributed by atoms with Crippen LogP contribution in [0.3, 0.4) is 0 Å². The number of aromatic nitrogens is 4. The Morgan fingerprint density at radius 2 is 2.05 bits per heavy atom. The van der Waals surface area contributed by atoms with E-state index in [-0.39, 0.29) is 0 Å². The summed E-state index contributed by atoms with van der Waals surface area (Å²) < 4.78 is 2.01. The second-order valence-electron chi connectivity index (χ2n) is 5.31. The van der Waals surface area contributed by atoms with Crippen LogP contribution in [-0.2, 0) is 12.8 Å². The largest absolute Gasteiger partial charge is 0.290 e. The first-order valence-electron chi connectivity index (χ1n) is 7.10. The van der Waals surface area contributed by atoms with Crippen LogP contribution < -0.4 is 0 Å². The van der Waals surface area contributed by atoms with E-state index < -0.39 is 0 Å². The smallest absolute Gasteiger partial charge is 0.150 e. The topological polar surface area (TPSA) is 43.6 Å². The number of thiophene rings is 1. The van der Waals surface area contributed by atoms with Gasteiger partial charge in [-0.2, -0.15) is 0 Å². The van der Waals surface area contributed by atoms with Gasteiger partial charge in [0.05, 0.1) is 5.39 Å². The Balaban J connectivity index is 2.04. The van der Waals surface area contributed by atoms with Gasteiger partial charge in [0.25, 0.3) is 0 Å². The fourth-order valence-electron chi connectivity index (χ4n) is 2.99. The summed E-state index contributed by atoms with van der Waals surface area (Å²) >= 11 is 1.85. The molecule has 3 aromatic heterocycles. The maximum atomic E-state index is 4.67. The van der Waals surface area contributed by atoms with Crippen molar-refractivity contribution in [2.24, 2.45) is 0 Å². The molecule has 4 nitrogen and oxygen atoms in total. The third kappa shape index (κ3) is 1.85. The summed E-state index contributed by atoms with van der Waals surface area (Å²) in [5.74, 6) is 1.82. The van der Waals surface area contributed by atoms with Gasteiger partial charge in [-0.25, -0.2) is 15.0 Å². The lowest BCUT2D eigenvalue weighted by Gasteiger charge is -2.07. The molecule has 20 heavy (non-hydrogen) atoms. The molecule has 102 valence electrons. The molecule has 1 aliphatic rings. The molecule has 0 bridgehead atoms. The molecule has 0 saturated carbocycles. The van der Waals surface area contributed by atoms with E-state index in [1.54, 1.807) is 6.20 Å². The lowest BCUT2D eigenvalue weighted by molar-refractivity contribution is 0.713. The molecule has 4 rings (SSSR count). The Labute approximate surface area is 121 Å². The lowest BCUT2D eigenvalue weighted by atomic mass is 10.1. The van der Waals surface area contributed by atoms with Crippen LogP contribution >= 0.6 is 11.3 Å². The van der Waals surface area contributed by atoms with E-state index in [1.807, 2.05) is 35.4 Å². The van der Waals surface area contributed by atoms with E-state index in [4.69, 9.17) is 0 Å². The molecule has 0 aromatic carbocycles. The fraction of sp³-hybridized carbons (Fsp3) is 0.400. The molecule has 0 unspecified atom stereocenters. The number of hydrogen-bond acceptors (Lipinski definition) is 4. The Morgan fingerprint density at radius 1 is 1.15 bits per heavy atom. The first-order valence-corrected chi connectivity index (χ1v) is 7.92. The second kappa shape index (κ2) is 4.66. The monoisotopic (exact) mass is 284 g/mol. The summed E-state index contributed by atoms with van der Waals surface area (Å²) in [7, 11) is 0. The number of imidazole rings is 1. The molecule has 0 aliphatic heterocycles. The van der Waals surface area contributed by atoms with Gasteiger partial charge in [-0.05, 0) is 38.2 Å². The van der Waals surface area contributed by atoms with Gasteiger partial charge in [0.15, 0.2) is 5.82 Å². The van der Waals surface area contributed by atoms with Crippen molar-refractivity contribution in [3.8, 4) is 5.82 Å². The minimum Gasteiger partial charge on any atom is -0.290 e. The van der Waals surface area contributed by atoms with Crippen LogP contribution in [0.1, 0.15) is 35.5 Å². The maximum absolute atomic E-state index is 4.67. The summed E-state index contributed by atoms with van der Waals surface area (Å²) in [4.78, 5) is 16.1. The van der Waals surface area contributed by atoms with Crippen molar-refractivity contribution in [1.29, 1.82) is 0 Å². The van der Waals surface area contributed by atoms with Crippen molar-refractivity contribution < 1.29 is 0 Å². The van der Waals surface area contributed by atoms with Gasteiger partial charge in [0.2, 0.25) is 0 Å². The molecule has 1 aliphatic carbocycles. The van der Waals surface area contributed by atoms with Gasteiger partial charge in [0.1, 0.15) is 17.0 Å². The molecule has 0 fully saturated rings. The summed E-state index contributed by atoms with van der Waals surface area (Å²) in [6.45, 7) is 1.96. The number of nitrogens with zero attached hydrogens (tertiary/aromatic N) is 4. The van der Waals surface area contributed by atoms with Gasteiger partial charge in [-0.15, -0.1) is 11.3 Å². The second-order valence-corrected chi connectivity index (χ2v) is 6.39. The van der Waals surface area contributed by atoms with Gasteiger partial charge in [-0.3, -0.25) is 4.57 Å². The van der Waals surface area contributed by atoms with Gasteiger partial charge >= 0.3 is 0 Å². The number of aryl methyl sites for hydroxylation is 3. The Kier molecular flexibility index (Phi) is 2.80. The van der Waals surface area contributed by atoms with E-state index >= 15 is 0 Å². The first-order chi connectivity index (χ1) is 9.83. The molecular formula is C15H16N4S.